The standard InChI is InChI=1S/C10H6Cl2N4/c11-7-1-5(9(15)3-13)8(12)2-6(7)10(16)4-14/h1-2H,15-16H2. The van der Waals surface area contributed by atoms with Gasteiger partial charge in [-0.15, -0.1) is 0 Å². The minimum atomic E-state index is -0.0472. The lowest BCUT2D eigenvalue weighted by Gasteiger charge is -1.98. The van der Waals surface area contributed by atoms with Crippen molar-refractivity contribution in [2.24, 2.45) is 11.5 Å². The number of hydrogen-bond donors (Lipinski definition) is 2. The zero-order valence-electron chi connectivity index (χ0n) is 7.96. The molecule has 0 spiro atoms. The SMILES string of the molecule is N#CC(N)=c1cc(Cl)c(=C(N)C#N)cc1Cl. The molecule has 4 nitrogen and oxygen atoms in total. The Morgan fingerprint density at radius 2 is 1.25 bits per heavy atom. The molecule has 1 rings (SSSR count). The Balaban J connectivity index is 3.82. The second-order valence-corrected chi connectivity index (χ2v) is 3.68. The molecule has 16 heavy (non-hydrogen) atoms. The van der Waals surface area contributed by atoms with Crippen LogP contribution in [0.3, 0.4) is 0 Å². The molecule has 0 unspecified atom stereocenters. The zero-order valence-corrected chi connectivity index (χ0v) is 9.47. The van der Waals surface area contributed by atoms with Crippen molar-refractivity contribution in [2.75, 3.05) is 0 Å². The number of nitrogens with two attached hydrogens (primary N) is 2. The van der Waals surface area contributed by atoms with Crippen LogP contribution >= 0.6 is 23.2 Å². The van der Waals surface area contributed by atoms with Gasteiger partial charge in [-0.3, -0.25) is 0 Å². The monoisotopic (exact) mass is 252 g/mol. The number of halogens is 2. The fourth-order valence-electron chi connectivity index (χ4n) is 1.08. The first-order valence-electron chi connectivity index (χ1n) is 4.06. The van der Waals surface area contributed by atoms with Gasteiger partial charge in [0.2, 0.25) is 0 Å². The smallest absolute Gasteiger partial charge is 0.119 e. The lowest BCUT2D eigenvalue weighted by molar-refractivity contribution is 1.42. The number of rotatable bonds is 0. The van der Waals surface area contributed by atoms with E-state index >= 15 is 0 Å². The predicted molar refractivity (Wildman–Crippen MR) is 62.1 cm³/mol. The van der Waals surface area contributed by atoms with Gasteiger partial charge in [0.15, 0.2) is 0 Å². The Morgan fingerprint density at radius 3 is 1.50 bits per heavy atom. The van der Waals surface area contributed by atoms with Gasteiger partial charge in [0.05, 0.1) is 10.0 Å². The Bertz CT molecular complexity index is 577. The first kappa shape index (κ1) is 12.2. The van der Waals surface area contributed by atoms with Gasteiger partial charge in [-0.1, -0.05) is 23.2 Å². The normalized spacial score (nSPS) is 13.5. The van der Waals surface area contributed by atoms with Crippen molar-refractivity contribution in [3.05, 3.63) is 32.6 Å². The quantitative estimate of drug-likeness (QED) is 0.688. The number of nitriles is 2. The van der Waals surface area contributed by atoms with E-state index in [1.165, 1.54) is 12.1 Å². The summed E-state index contributed by atoms with van der Waals surface area (Å²) in [6.07, 6.45) is 0. The van der Waals surface area contributed by atoms with Crippen LogP contribution in [0.5, 0.6) is 0 Å². The highest BCUT2D eigenvalue weighted by Gasteiger charge is 2.03. The molecule has 0 atom stereocenters. The molecule has 1 aromatic rings. The van der Waals surface area contributed by atoms with E-state index in [2.05, 4.69) is 0 Å². The first-order chi connectivity index (χ1) is 7.51. The number of nitrogens with zero attached hydrogens (tertiary/aromatic N) is 2. The largest absolute Gasteiger partial charge is 0.390 e. The van der Waals surface area contributed by atoms with Gasteiger partial charge in [-0.05, 0) is 12.1 Å². The van der Waals surface area contributed by atoms with E-state index in [1.807, 2.05) is 0 Å². The van der Waals surface area contributed by atoms with E-state index in [1.54, 1.807) is 12.1 Å². The van der Waals surface area contributed by atoms with Gasteiger partial charge in [0.25, 0.3) is 0 Å². The zero-order chi connectivity index (χ0) is 12.3. The van der Waals surface area contributed by atoms with Crippen molar-refractivity contribution < 1.29 is 0 Å². The Kier molecular flexibility index (Phi) is 3.63. The molecule has 0 fully saturated rings. The Morgan fingerprint density at radius 1 is 0.938 bits per heavy atom. The highest BCUT2D eigenvalue weighted by molar-refractivity contribution is 6.33. The fraction of sp³-hybridized carbons (Fsp3) is 0. The molecule has 0 heterocycles. The third-order valence-corrected chi connectivity index (χ3v) is 2.50. The number of benzene rings is 1. The van der Waals surface area contributed by atoms with E-state index in [0.29, 0.717) is 10.4 Å². The van der Waals surface area contributed by atoms with Crippen LogP contribution in [0.2, 0.25) is 10.0 Å². The molecule has 4 N–H and O–H groups in total. The molecule has 0 radical (unpaired) electrons. The molecule has 0 saturated carbocycles. The maximum absolute atomic E-state index is 8.63. The van der Waals surface area contributed by atoms with E-state index in [-0.39, 0.29) is 21.4 Å². The summed E-state index contributed by atoms with van der Waals surface area (Å²) in [6.45, 7) is 0. The molecule has 0 bridgehead atoms. The molecular formula is C10H6Cl2N4. The van der Waals surface area contributed by atoms with Crippen LogP contribution in [0.25, 0.3) is 11.4 Å². The average Bonchev–Trinajstić information content (AvgIpc) is 2.29. The van der Waals surface area contributed by atoms with Crippen LogP contribution in [0.4, 0.5) is 0 Å². The van der Waals surface area contributed by atoms with Crippen LogP contribution in [-0.2, 0) is 0 Å². The molecule has 0 aromatic heterocycles. The van der Waals surface area contributed by atoms with E-state index in [4.69, 9.17) is 45.2 Å². The summed E-state index contributed by atoms with van der Waals surface area (Å²) in [5.74, 6) is 0. The molecule has 6 heteroatoms. The summed E-state index contributed by atoms with van der Waals surface area (Å²) in [7, 11) is 0. The lowest BCUT2D eigenvalue weighted by atomic mass is 10.2. The highest BCUT2D eigenvalue weighted by atomic mass is 35.5. The second-order valence-electron chi connectivity index (χ2n) is 2.86. The van der Waals surface area contributed by atoms with E-state index in [0.717, 1.165) is 0 Å². The predicted octanol–water partition coefficient (Wildman–Crippen LogP) is 0.174. The first-order valence-corrected chi connectivity index (χ1v) is 4.81. The van der Waals surface area contributed by atoms with Crippen LogP contribution < -0.4 is 21.9 Å². The molecule has 0 aliphatic carbocycles. The minimum absolute atomic E-state index is 0.0472. The summed E-state index contributed by atoms with van der Waals surface area (Å²) in [5.41, 5.74) is 10.8. The van der Waals surface area contributed by atoms with Crippen molar-refractivity contribution in [3.8, 4) is 12.1 Å². The lowest BCUT2D eigenvalue weighted by Crippen LogP contribution is -2.20. The third-order valence-electron chi connectivity index (χ3n) is 1.88. The third kappa shape index (κ3) is 2.20. The van der Waals surface area contributed by atoms with Crippen LogP contribution in [-0.4, -0.2) is 0 Å². The Labute approximate surface area is 102 Å². The van der Waals surface area contributed by atoms with Gasteiger partial charge >= 0.3 is 0 Å². The summed E-state index contributed by atoms with van der Waals surface area (Å²) in [5, 5.41) is 18.3. The summed E-state index contributed by atoms with van der Waals surface area (Å²) >= 11 is 11.8. The van der Waals surface area contributed by atoms with Crippen LogP contribution in [0, 0.1) is 22.7 Å². The summed E-state index contributed by atoms with van der Waals surface area (Å²) in [6, 6.07) is 6.33. The summed E-state index contributed by atoms with van der Waals surface area (Å²) < 4.78 is 0. The van der Waals surface area contributed by atoms with Crippen molar-refractivity contribution >= 4 is 34.6 Å². The second kappa shape index (κ2) is 4.76. The Hall–Kier alpha value is -1.88. The topological polar surface area (TPSA) is 99.6 Å². The minimum Gasteiger partial charge on any atom is -0.390 e. The van der Waals surface area contributed by atoms with Crippen LogP contribution in [0.1, 0.15) is 0 Å². The van der Waals surface area contributed by atoms with Gasteiger partial charge in [-0.2, -0.15) is 10.5 Å². The summed E-state index contributed by atoms with van der Waals surface area (Å²) in [4.78, 5) is 0. The van der Waals surface area contributed by atoms with Gasteiger partial charge in [0, 0.05) is 10.4 Å². The molecule has 80 valence electrons. The maximum atomic E-state index is 8.63. The molecule has 0 saturated heterocycles. The average molecular weight is 253 g/mol. The molecular weight excluding hydrogens is 247 g/mol. The highest BCUT2D eigenvalue weighted by Crippen LogP contribution is 2.05. The molecule has 0 aliphatic rings. The van der Waals surface area contributed by atoms with Gasteiger partial charge < -0.3 is 11.5 Å². The van der Waals surface area contributed by atoms with Crippen molar-refractivity contribution in [1.29, 1.82) is 10.5 Å². The van der Waals surface area contributed by atoms with Crippen LogP contribution in [0.15, 0.2) is 12.1 Å². The maximum Gasteiger partial charge on any atom is 0.119 e. The fourth-order valence-corrected chi connectivity index (χ4v) is 1.61. The van der Waals surface area contributed by atoms with Crippen molar-refractivity contribution in [1.82, 2.24) is 0 Å². The molecule has 0 amide bonds. The van der Waals surface area contributed by atoms with E-state index in [9.17, 15) is 0 Å². The molecule has 1 aromatic carbocycles. The van der Waals surface area contributed by atoms with Crippen molar-refractivity contribution in [3.63, 3.8) is 0 Å². The molecule has 0 aliphatic heterocycles. The van der Waals surface area contributed by atoms with Gasteiger partial charge in [0.1, 0.15) is 23.5 Å². The number of hydrogen-bond acceptors (Lipinski definition) is 4. The van der Waals surface area contributed by atoms with E-state index < -0.39 is 0 Å². The van der Waals surface area contributed by atoms with Crippen molar-refractivity contribution in [2.45, 2.75) is 0 Å². The van der Waals surface area contributed by atoms with Gasteiger partial charge in [-0.25, -0.2) is 0 Å².